The van der Waals surface area contributed by atoms with E-state index in [0.29, 0.717) is 0 Å². The van der Waals surface area contributed by atoms with Gasteiger partial charge < -0.3 is 19.6 Å². The SMILES string of the molecule is CN(C)CCN1CCOCC2(CCCN(c3ncccn3)C2)C1.O=C(O)C(F)(F)F. The quantitative estimate of drug-likeness (QED) is 0.767. The topological polar surface area (TPSA) is 82.0 Å². The molecule has 1 N–H and O–H groups in total. The molecular formula is C19H30F3N5O3. The number of likely N-dealkylation sites (N-methyl/N-ethyl adjacent to an activating group) is 1. The molecule has 2 saturated heterocycles. The molecule has 11 heteroatoms. The first-order chi connectivity index (χ1) is 14.1. The standard InChI is InChI=1S/C17H29N5O.C2HF3O2/c1-20(2)9-10-21-11-12-23-15-17(13-21)5-3-8-22(14-17)16-18-6-4-7-19-16;3-2(4,5)1(6)7/h4,6-7H,3,5,8-15H2,1-2H3;(H,6,7). The van der Waals surface area contributed by atoms with Gasteiger partial charge in [0.15, 0.2) is 0 Å². The summed E-state index contributed by atoms with van der Waals surface area (Å²) in [6, 6.07) is 1.88. The van der Waals surface area contributed by atoms with E-state index < -0.39 is 12.1 Å². The number of hydrogen-bond acceptors (Lipinski definition) is 7. The van der Waals surface area contributed by atoms with Crippen LogP contribution in [0.4, 0.5) is 19.1 Å². The number of anilines is 1. The van der Waals surface area contributed by atoms with Gasteiger partial charge in [-0.05, 0) is 33.0 Å². The van der Waals surface area contributed by atoms with Crippen LogP contribution in [-0.4, -0.2) is 104 Å². The van der Waals surface area contributed by atoms with Crippen molar-refractivity contribution in [1.82, 2.24) is 19.8 Å². The van der Waals surface area contributed by atoms with Crippen LogP contribution in [0.3, 0.4) is 0 Å². The van der Waals surface area contributed by atoms with Crippen LogP contribution in [0.25, 0.3) is 0 Å². The number of halogens is 3. The maximum absolute atomic E-state index is 10.6. The van der Waals surface area contributed by atoms with E-state index in [1.165, 1.54) is 12.8 Å². The van der Waals surface area contributed by atoms with Crippen molar-refractivity contribution < 1.29 is 27.8 Å². The average molecular weight is 433 g/mol. The van der Waals surface area contributed by atoms with Gasteiger partial charge in [-0.1, -0.05) is 0 Å². The molecule has 170 valence electrons. The number of aromatic nitrogens is 2. The van der Waals surface area contributed by atoms with E-state index in [0.717, 1.165) is 58.4 Å². The van der Waals surface area contributed by atoms with Crippen LogP contribution in [0.5, 0.6) is 0 Å². The molecular weight excluding hydrogens is 403 g/mol. The molecule has 1 aromatic heterocycles. The number of ether oxygens (including phenoxy) is 1. The summed E-state index contributed by atoms with van der Waals surface area (Å²) < 4.78 is 37.7. The fourth-order valence-corrected chi connectivity index (χ4v) is 3.69. The highest BCUT2D eigenvalue weighted by Gasteiger charge is 2.39. The maximum atomic E-state index is 10.6. The third-order valence-electron chi connectivity index (χ3n) is 5.12. The molecule has 3 rings (SSSR count). The number of nitrogens with zero attached hydrogens (tertiary/aromatic N) is 5. The van der Waals surface area contributed by atoms with Crippen molar-refractivity contribution >= 4 is 11.9 Å². The molecule has 2 aliphatic rings. The van der Waals surface area contributed by atoms with Crippen molar-refractivity contribution in [1.29, 1.82) is 0 Å². The van der Waals surface area contributed by atoms with Crippen LogP contribution in [0.15, 0.2) is 18.5 Å². The van der Waals surface area contributed by atoms with E-state index in [-0.39, 0.29) is 5.41 Å². The second kappa shape index (κ2) is 10.9. The summed E-state index contributed by atoms with van der Waals surface area (Å²) in [5, 5.41) is 7.12. The smallest absolute Gasteiger partial charge is 0.475 e. The average Bonchev–Trinajstić information content (AvgIpc) is 2.89. The number of alkyl halides is 3. The first-order valence-electron chi connectivity index (χ1n) is 9.88. The second-order valence-corrected chi connectivity index (χ2v) is 8.01. The number of carboxylic acids is 1. The molecule has 0 amide bonds. The molecule has 0 saturated carbocycles. The highest BCUT2D eigenvalue weighted by Crippen LogP contribution is 2.34. The summed E-state index contributed by atoms with van der Waals surface area (Å²) >= 11 is 0. The second-order valence-electron chi connectivity index (χ2n) is 8.01. The lowest BCUT2D eigenvalue weighted by Crippen LogP contribution is -2.51. The lowest BCUT2D eigenvalue weighted by Gasteiger charge is -2.43. The Morgan fingerprint density at radius 1 is 1.27 bits per heavy atom. The minimum absolute atomic E-state index is 0.209. The lowest BCUT2D eigenvalue weighted by molar-refractivity contribution is -0.192. The Morgan fingerprint density at radius 3 is 2.53 bits per heavy atom. The summed E-state index contributed by atoms with van der Waals surface area (Å²) in [6.45, 7) is 8.11. The molecule has 1 unspecified atom stereocenters. The Bertz CT molecular complexity index is 663. The van der Waals surface area contributed by atoms with Crippen LogP contribution in [0.2, 0.25) is 0 Å². The van der Waals surface area contributed by atoms with Crippen LogP contribution in [-0.2, 0) is 9.53 Å². The van der Waals surface area contributed by atoms with Crippen LogP contribution in [0.1, 0.15) is 12.8 Å². The lowest BCUT2D eigenvalue weighted by atomic mass is 9.80. The number of carbonyl (C=O) groups is 1. The highest BCUT2D eigenvalue weighted by atomic mass is 19.4. The predicted molar refractivity (Wildman–Crippen MR) is 105 cm³/mol. The molecule has 2 aliphatic heterocycles. The number of rotatable bonds is 4. The van der Waals surface area contributed by atoms with Gasteiger partial charge in [0.05, 0.1) is 13.2 Å². The van der Waals surface area contributed by atoms with Gasteiger partial charge >= 0.3 is 12.1 Å². The molecule has 0 aromatic carbocycles. The van der Waals surface area contributed by atoms with Gasteiger partial charge in [-0.3, -0.25) is 4.90 Å². The molecule has 1 atom stereocenters. The fraction of sp³-hybridized carbons (Fsp3) is 0.737. The van der Waals surface area contributed by atoms with E-state index in [4.69, 9.17) is 14.6 Å². The van der Waals surface area contributed by atoms with Crippen molar-refractivity contribution in [2.45, 2.75) is 19.0 Å². The molecule has 1 spiro atoms. The summed E-state index contributed by atoms with van der Waals surface area (Å²) in [5.41, 5.74) is 0.209. The van der Waals surface area contributed by atoms with Crippen molar-refractivity contribution in [3.05, 3.63) is 18.5 Å². The Hall–Kier alpha value is -1.98. The number of carboxylic acid groups (broad SMARTS) is 1. The zero-order valence-electron chi connectivity index (χ0n) is 17.4. The first-order valence-corrected chi connectivity index (χ1v) is 9.88. The summed E-state index contributed by atoms with van der Waals surface area (Å²) in [5.74, 6) is -1.90. The van der Waals surface area contributed by atoms with Crippen molar-refractivity contribution in [3.63, 3.8) is 0 Å². The highest BCUT2D eigenvalue weighted by molar-refractivity contribution is 5.73. The fourth-order valence-electron chi connectivity index (χ4n) is 3.69. The van der Waals surface area contributed by atoms with Crippen LogP contribution >= 0.6 is 0 Å². The molecule has 1 aromatic rings. The Morgan fingerprint density at radius 2 is 1.93 bits per heavy atom. The van der Waals surface area contributed by atoms with E-state index in [9.17, 15) is 13.2 Å². The Labute approximate surface area is 174 Å². The minimum Gasteiger partial charge on any atom is -0.475 e. The van der Waals surface area contributed by atoms with Crippen molar-refractivity contribution in [2.24, 2.45) is 5.41 Å². The molecule has 0 aliphatic carbocycles. The minimum atomic E-state index is -5.08. The van der Waals surface area contributed by atoms with Gasteiger partial charge in [-0.2, -0.15) is 13.2 Å². The monoisotopic (exact) mass is 433 g/mol. The molecule has 30 heavy (non-hydrogen) atoms. The zero-order chi connectivity index (χ0) is 22.2. The third kappa shape index (κ3) is 7.69. The zero-order valence-corrected chi connectivity index (χ0v) is 17.4. The normalized spacial score (nSPS) is 23.1. The molecule has 8 nitrogen and oxygen atoms in total. The van der Waals surface area contributed by atoms with Gasteiger partial charge in [0.2, 0.25) is 5.95 Å². The van der Waals surface area contributed by atoms with Gasteiger partial charge in [-0.25, -0.2) is 14.8 Å². The molecule has 2 fully saturated rings. The van der Waals surface area contributed by atoms with E-state index in [1.807, 2.05) is 18.5 Å². The molecule has 3 heterocycles. The number of hydrogen-bond donors (Lipinski definition) is 1. The van der Waals surface area contributed by atoms with Crippen LogP contribution < -0.4 is 4.90 Å². The van der Waals surface area contributed by atoms with Gasteiger partial charge in [-0.15, -0.1) is 0 Å². The number of aliphatic carboxylic acids is 1. The number of piperidine rings is 1. The molecule has 0 radical (unpaired) electrons. The summed E-state index contributed by atoms with van der Waals surface area (Å²) in [4.78, 5) is 24.9. The van der Waals surface area contributed by atoms with Gasteiger partial charge in [0.1, 0.15) is 0 Å². The predicted octanol–water partition coefficient (Wildman–Crippen LogP) is 1.59. The van der Waals surface area contributed by atoms with Crippen molar-refractivity contribution in [3.8, 4) is 0 Å². The van der Waals surface area contributed by atoms with Gasteiger partial charge in [0, 0.05) is 57.1 Å². The Kier molecular flexibility index (Phi) is 8.80. The van der Waals surface area contributed by atoms with E-state index in [2.05, 4.69) is 38.8 Å². The summed E-state index contributed by atoms with van der Waals surface area (Å²) in [7, 11) is 4.28. The Balaban J connectivity index is 0.000000396. The largest absolute Gasteiger partial charge is 0.490 e. The van der Waals surface area contributed by atoms with E-state index >= 15 is 0 Å². The van der Waals surface area contributed by atoms with E-state index in [1.54, 1.807) is 0 Å². The maximum Gasteiger partial charge on any atom is 0.490 e. The molecule has 0 bridgehead atoms. The third-order valence-corrected chi connectivity index (χ3v) is 5.12. The van der Waals surface area contributed by atoms with Gasteiger partial charge in [0.25, 0.3) is 0 Å². The first kappa shape index (κ1) is 24.3. The van der Waals surface area contributed by atoms with Crippen molar-refractivity contribution in [2.75, 3.05) is 71.5 Å². The van der Waals surface area contributed by atoms with Crippen LogP contribution in [0, 0.1) is 5.41 Å². The summed E-state index contributed by atoms with van der Waals surface area (Å²) in [6.07, 6.45) is 0.991.